The molecule has 6 nitrogen and oxygen atoms in total. The molecule has 0 saturated carbocycles. The van der Waals surface area contributed by atoms with Gasteiger partial charge in [-0.2, -0.15) is 5.10 Å². The highest BCUT2D eigenvalue weighted by Gasteiger charge is 2.06. The van der Waals surface area contributed by atoms with Crippen molar-refractivity contribution in [1.29, 1.82) is 0 Å². The van der Waals surface area contributed by atoms with Gasteiger partial charge < -0.3 is 5.32 Å². The number of nitrogens with one attached hydrogen (secondary N) is 2. The van der Waals surface area contributed by atoms with Gasteiger partial charge in [-0.1, -0.05) is 25.4 Å². The number of anilines is 1. The van der Waals surface area contributed by atoms with Crippen LogP contribution in [0.5, 0.6) is 0 Å². The van der Waals surface area contributed by atoms with Crippen LogP contribution in [0.25, 0.3) is 0 Å². The van der Waals surface area contributed by atoms with Gasteiger partial charge in [-0.25, -0.2) is 15.0 Å². The molecule has 2 rings (SSSR count). The Hall–Kier alpha value is -1.69. The molecule has 2 heterocycles. The summed E-state index contributed by atoms with van der Waals surface area (Å²) in [5, 5.41) is 10.2. The number of hydrogen-bond donors (Lipinski definition) is 2. The Morgan fingerprint density at radius 1 is 1.39 bits per heavy atom. The van der Waals surface area contributed by atoms with Crippen LogP contribution in [-0.2, 0) is 6.42 Å². The van der Waals surface area contributed by atoms with Gasteiger partial charge in [0, 0.05) is 24.9 Å². The Labute approximate surface area is 110 Å². The summed E-state index contributed by atoms with van der Waals surface area (Å²) in [6.45, 7) is 4.77. The van der Waals surface area contributed by atoms with Gasteiger partial charge in [0.1, 0.15) is 28.9 Å². The first-order valence-electron chi connectivity index (χ1n) is 5.77. The second-order valence-electron chi connectivity index (χ2n) is 4.20. The molecule has 0 saturated heterocycles. The first-order valence-corrected chi connectivity index (χ1v) is 6.15. The minimum atomic E-state index is 0.249. The lowest BCUT2D eigenvalue weighted by molar-refractivity contribution is 0.773. The molecule has 0 aliphatic heterocycles. The van der Waals surface area contributed by atoms with Gasteiger partial charge in [-0.05, 0) is 0 Å². The van der Waals surface area contributed by atoms with Crippen molar-refractivity contribution in [3.8, 4) is 0 Å². The van der Waals surface area contributed by atoms with Gasteiger partial charge in [0.2, 0.25) is 0 Å². The molecule has 0 atom stereocenters. The van der Waals surface area contributed by atoms with E-state index in [2.05, 4.69) is 30.5 Å². The van der Waals surface area contributed by atoms with Crippen molar-refractivity contribution in [2.24, 2.45) is 0 Å². The number of rotatable bonds is 5. The van der Waals surface area contributed by atoms with E-state index in [1.165, 1.54) is 6.33 Å². The monoisotopic (exact) mass is 266 g/mol. The second-order valence-corrected chi connectivity index (χ2v) is 4.58. The van der Waals surface area contributed by atoms with E-state index in [1.807, 2.05) is 13.8 Å². The van der Waals surface area contributed by atoms with Crippen LogP contribution in [0.15, 0.2) is 12.4 Å². The van der Waals surface area contributed by atoms with E-state index in [1.54, 1.807) is 6.07 Å². The van der Waals surface area contributed by atoms with Gasteiger partial charge in [0.15, 0.2) is 0 Å². The number of H-pyrrole nitrogens is 1. The Bertz CT molecular complexity index is 496. The van der Waals surface area contributed by atoms with E-state index in [0.29, 0.717) is 11.7 Å². The Balaban J connectivity index is 1.96. The molecule has 0 aliphatic carbocycles. The lowest BCUT2D eigenvalue weighted by atomic mass is 10.2. The van der Waals surface area contributed by atoms with Gasteiger partial charge in [0.25, 0.3) is 0 Å². The summed E-state index contributed by atoms with van der Waals surface area (Å²) in [6.07, 6.45) is 2.24. The number of aromatic nitrogens is 5. The topological polar surface area (TPSA) is 79.4 Å². The molecule has 0 fully saturated rings. The summed E-state index contributed by atoms with van der Waals surface area (Å²) in [5.74, 6) is 2.56. The zero-order valence-electron chi connectivity index (χ0n) is 10.3. The van der Waals surface area contributed by atoms with Crippen LogP contribution in [-0.4, -0.2) is 31.7 Å². The Morgan fingerprint density at radius 2 is 2.22 bits per heavy atom. The standard InChI is InChI=1S/C11H15ClN6/c1-7(2)11-16-8(12)5-10(17-11)13-4-3-9-14-6-15-18-9/h5-7H,3-4H2,1-2H3,(H,13,16,17)(H,14,15,18). The van der Waals surface area contributed by atoms with Crippen LogP contribution >= 0.6 is 11.6 Å². The first kappa shape index (κ1) is 12.8. The van der Waals surface area contributed by atoms with Crippen molar-refractivity contribution in [2.45, 2.75) is 26.2 Å². The Morgan fingerprint density at radius 3 is 2.89 bits per heavy atom. The largest absolute Gasteiger partial charge is 0.369 e. The Kier molecular flexibility index (Phi) is 4.09. The molecule has 0 radical (unpaired) electrons. The molecular formula is C11H15ClN6. The minimum Gasteiger partial charge on any atom is -0.369 e. The summed E-state index contributed by atoms with van der Waals surface area (Å²) in [5.41, 5.74) is 0. The van der Waals surface area contributed by atoms with E-state index in [4.69, 9.17) is 11.6 Å². The van der Waals surface area contributed by atoms with Gasteiger partial charge >= 0.3 is 0 Å². The van der Waals surface area contributed by atoms with Crippen LogP contribution in [0.1, 0.15) is 31.4 Å². The lowest BCUT2D eigenvalue weighted by Crippen LogP contribution is -2.09. The van der Waals surface area contributed by atoms with Crippen molar-refractivity contribution in [3.05, 3.63) is 29.2 Å². The maximum atomic E-state index is 5.95. The second kappa shape index (κ2) is 5.77. The zero-order valence-corrected chi connectivity index (χ0v) is 11.1. The van der Waals surface area contributed by atoms with Crippen molar-refractivity contribution in [1.82, 2.24) is 25.1 Å². The van der Waals surface area contributed by atoms with Crippen LogP contribution in [0.4, 0.5) is 5.82 Å². The van der Waals surface area contributed by atoms with Crippen LogP contribution in [0.2, 0.25) is 5.15 Å². The number of nitrogens with zero attached hydrogens (tertiary/aromatic N) is 4. The molecule has 0 amide bonds. The number of aromatic amines is 1. The maximum Gasteiger partial charge on any atom is 0.137 e. The maximum absolute atomic E-state index is 5.95. The van der Waals surface area contributed by atoms with Crippen LogP contribution in [0.3, 0.4) is 0 Å². The van der Waals surface area contributed by atoms with Crippen molar-refractivity contribution in [3.63, 3.8) is 0 Å². The highest BCUT2D eigenvalue weighted by Crippen LogP contribution is 2.16. The lowest BCUT2D eigenvalue weighted by Gasteiger charge is -2.08. The molecule has 18 heavy (non-hydrogen) atoms. The molecule has 2 aromatic heterocycles. The predicted molar refractivity (Wildman–Crippen MR) is 69.7 cm³/mol. The smallest absolute Gasteiger partial charge is 0.137 e. The summed E-state index contributed by atoms with van der Waals surface area (Å²) < 4.78 is 0. The number of halogens is 1. The van der Waals surface area contributed by atoms with E-state index < -0.39 is 0 Å². The third-order valence-corrected chi connectivity index (χ3v) is 2.56. The SMILES string of the molecule is CC(C)c1nc(Cl)cc(NCCc2ncn[nH]2)n1. The zero-order chi connectivity index (χ0) is 13.0. The fourth-order valence-electron chi connectivity index (χ4n) is 1.44. The normalized spacial score (nSPS) is 10.9. The third kappa shape index (κ3) is 3.40. The fourth-order valence-corrected chi connectivity index (χ4v) is 1.63. The molecule has 2 aromatic rings. The van der Waals surface area contributed by atoms with E-state index >= 15 is 0 Å². The first-order chi connectivity index (χ1) is 8.65. The highest BCUT2D eigenvalue weighted by molar-refractivity contribution is 6.29. The minimum absolute atomic E-state index is 0.249. The molecule has 7 heteroatoms. The van der Waals surface area contributed by atoms with Gasteiger partial charge in [-0.3, -0.25) is 5.10 Å². The van der Waals surface area contributed by atoms with Gasteiger partial charge in [-0.15, -0.1) is 0 Å². The average Bonchev–Trinajstić information content (AvgIpc) is 2.81. The fraction of sp³-hybridized carbons (Fsp3) is 0.455. The van der Waals surface area contributed by atoms with E-state index in [-0.39, 0.29) is 5.92 Å². The molecule has 0 aliphatic rings. The molecule has 2 N–H and O–H groups in total. The third-order valence-electron chi connectivity index (χ3n) is 2.36. The molecule has 96 valence electrons. The predicted octanol–water partition coefficient (Wildman–Crippen LogP) is 2.03. The molecule has 0 bridgehead atoms. The summed E-state index contributed by atoms with van der Waals surface area (Å²) in [6, 6.07) is 1.72. The molecule has 0 spiro atoms. The molecular weight excluding hydrogens is 252 g/mol. The van der Waals surface area contributed by atoms with E-state index in [9.17, 15) is 0 Å². The number of hydrogen-bond acceptors (Lipinski definition) is 5. The van der Waals surface area contributed by atoms with Crippen molar-refractivity contribution in [2.75, 3.05) is 11.9 Å². The highest BCUT2D eigenvalue weighted by atomic mass is 35.5. The van der Waals surface area contributed by atoms with Crippen LogP contribution < -0.4 is 5.32 Å². The summed E-state index contributed by atoms with van der Waals surface area (Å²) >= 11 is 5.95. The summed E-state index contributed by atoms with van der Waals surface area (Å²) in [7, 11) is 0. The quantitative estimate of drug-likeness (QED) is 0.810. The van der Waals surface area contributed by atoms with Crippen LogP contribution in [0, 0.1) is 0 Å². The average molecular weight is 267 g/mol. The van der Waals surface area contributed by atoms with E-state index in [0.717, 1.165) is 23.9 Å². The van der Waals surface area contributed by atoms with Crippen molar-refractivity contribution < 1.29 is 0 Å². The van der Waals surface area contributed by atoms with Crippen molar-refractivity contribution >= 4 is 17.4 Å². The molecule has 0 unspecified atom stereocenters. The molecule has 0 aromatic carbocycles. The summed E-state index contributed by atoms with van der Waals surface area (Å²) in [4.78, 5) is 12.6. The van der Waals surface area contributed by atoms with Gasteiger partial charge in [0.05, 0.1) is 0 Å².